The Balaban J connectivity index is 0.996. The molecule has 0 radical (unpaired) electrons. The summed E-state index contributed by atoms with van der Waals surface area (Å²) < 4.78 is 15.2. The molecule has 3 aromatic heterocycles. The van der Waals surface area contributed by atoms with Gasteiger partial charge in [0.05, 0.1) is 11.0 Å². The Morgan fingerprint density at radius 3 is 1.89 bits per heavy atom. The highest BCUT2D eigenvalue weighted by molar-refractivity contribution is 6.19. The van der Waals surface area contributed by atoms with Crippen LogP contribution in [0.25, 0.3) is 82.5 Å². The highest BCUT2D eigenvalue weighted by Crippen LogP contribution is 2.39. The van der Waals surface area contributed by atoms with E-state index >= 15 is 0 Å². The Hall–Kier alpha value is -7.70. The average molecular weight is 733 g/mol. The van der Waals surface area contributed by atoms with Crippen LogP contribution < -0.4 is 5.32 Å². The predicted octanol–water partition coefficient (Wildman–Crippen LogP) is 12.7. The fraction of sp³-hybridized carbons (Fsp3) is 0.0196. The van der Waals surface area contributed by atoms with Gasteiger partial charge in [-0.25, -0.2) is 9.98 Å². The van der Waals surface area contributed by atoms with E-state index in [1.54, 1.807) is 0 Å². The Morgan fingerprint density at radius 1 is 0.421 bits per heavy atom. The van der Waals surface area contributed by atoms with Crippen molar-refractivity contribution in [2.45, 2.75) is 6.17 Å². The van der Waals surface area contributed by atoms with E-state index < -0.39 is 6.17 Å². The van der Waals surface area contributed by atoms with Gasteiger partial charge in [-0.1, -0.05) is 121 Å². The number of aliphatic imine (C=N–C) groups is 2. The van der Waals surface area contributed by atoms with Gasteiger partial charge in [-0.2, -0.15) is 0 Å². The Kier molecular flexibility index (Phi) is 6.89. The molecule has 11 aromatic rings. The molecule has 0 spiro atoms. The topological polar surface area (TPSA) is 68.0 Å². The van der Waals surface area contributed by atoms with Crippen LogP contribution in [0.15, 0.2) is 201 Å². The van der Waals surface area contributed by atoms with E-state index in [9.17, 15) is 0 Å². The van der Waals surface area contributed by atoms with E-state index in [-0.39, 0.29) is 0 Å². The van der Waals surface area contributed by atoms with E-state index in [1.807, 2.05) is 24.3 Å². The molecule has 0 amide bonds. The second-order valence-electron chi connectivity index (χ2n) is 14.6. The Labute approximate surface area is 326 Å². The zero-order valence-corrected chi connectivity index (χ0v) is 30.6. The van der Waals surface area contributed by atoms with Crippen molar-refractivity contribution in [1.29, 1.82) is 0 Å². The maximum absolute atomic E-state index is 6.58. The second kappa shape index (κ2) is 12.4. The summed E-state index contributed by atoms with van der Waals surface area (Å²) in [6.45, 7) is 0. The first-order valence-corrected chi connectivity index (χ1v) is 19.2. The normalized spacial score (nSPS) is 14.5. The molecule has 1 aliphatic heterocycles. The van der Waals surface area contributed by atoms with Crippen LogP contribution in [0.1, 0.15) is 22.9 Å². The van der Waals surface area contributed by atoms with Crippen LogP contribution in [0, 0.1) is 0 Å². The largest absolute Gasteiger partial charge is 0.456 e. The summed E-state index contributed by atoms with van der Waals surface area (Å²) >= 11 is 0. The number of nitrogens with zero attached hydrogens (tertiary/aromatic N) is 3. The predicted molar refractivity (Wildman–Crippen MR) is 233 cm³/mol. The van der Waals surface area contributed by atoms with Crippen LogP contribution in [-0.2, 0) is 0 Å². The Morgan fingerprint density at radius 2 is 1.05 bits per heavy atom. The van der Waals surface area contributed by atoms with Gasteiger partial charge in [0.2, 0.25) is 0 Å². The molecule has 1 unspecified atom stereocenters. The third-order valence-corrected chi connectivity index (χ3v) is 11.3. The minimum Gasteiger partial charge on any atom is -0.456 e. The molecule has 8 aromatic carbocycles. The molecule has 0 saturated heterocycles. The fourth-order valence-corrected chi connectivity index (χ4v) is 8.49. The summed E-state index contributed by atoms with van der Waals surface area (Å²) in [5, 5.41) is 10.3. The number of amidine groups is 2. The number of nitrogens with one attached hydrogen (secondary N) is 1. The van der Waals surface area contributed by atoms with E-state index in [2.05, 4.69) is 168 Å². The zero-order valence-electron chi connectivity index (χ0n) is 30.6. The maximum atomic E-state index is 6.58. The number of furan rings is 2. The standard InChI is InChI=1S/C51H32N4O2/c1-3-11-31(12-4-1)32-19-21-33(22-20-32)49-52-50(54-51(53-49)35-23-25-39-38-16-8-10-18-45(38)56-47(39)28-35)34-24-26-46-41(27-34)42-29-40-37-15-7-9-17-43(37)55(36-13-5-2-6-14-36)44(40)30-48(42)57-46/h1-30,51H,(H,52,53,54). The minimum atomic E-state index is -0.403. The third kappa shape index (κ3) is 5.11. The van der Waals surface area contributed by atoms with E-state index in [4.69, 9.17) is 18.8 Å². The first kappa shape index (κ1) is 31.6. The summed E-state index contributed by atoms with van der Waals surface area (Å²) in [7, 11) is 0. The third-order valence-electron chi connectivity index (χ3n) is 11.3. The van der Waals surface area contributed by atoms with Crippen molar-refractivity contribution < 1.29 is 8.83 Å². The van der Waals surface area contributed by atoms with Crippen LogP contribution in [0.2, 0.25) is 0 Å². The molecule has 1 atom stereocenters. The molecular weight excluding hydrogens is 701 g/mol. The first-order valence-electron chi connectivity index (χ1n) is 19.2. The SMILES string of the molecule is c1ccc(-c2ccc(C3=NC(c4ccc5c(c4)oc4ccccc45)NC(c4ccc5oc6cc7c(cc6c5c4)c4ccccc4n7-c4ccccc4)=N3)cc2)cc1. The minimum absolute atomic E-state index is 0.403. The van der Waals surface area contributed by atoms with Crippen LogP contribution in [0.4, 0.5) is 0 Å². The number of hydrogen-bond donors (Lipinski definition) is 1. The van der Waals surface area contributed by atoms with Crippen molar-refractivity contribution in [1.82, 2.24) is 9.88 Å². The Bertz CT molecular complexity index is 3430. The molecule has 1 aliphatic rings. The van der Waals surface area contributed by atoms with Gasteiger partial charge in [-0.3, -0.25) is 0 Å². The van der Waals surface area contributed by atoms with Gasteiger partial charge in [0.1, 0.15) is 34.3 Å². The number of para-hydroxylation sites is 3. The first-order chi connectivity index (χ1) is 28.2. The number of fused-ring (bicyclic) bond motifs is 9. The van der Waals surface area contributed by atoms with Gasteiger partial charge in [0.15, 0.2) is 5.84 Å². The fourth-order valence-electron chi connectivity index (χ4n) is 8.49. The zero-order chi connectivity index (χ0) is 37.5. The van der Waals surface area contributed by atoms with Gasteiger partial charge >= 0.3 is 0 Å². The highest BCUT2D eigenvalue weighted by atomic mass is 16.3. The van der Waals surface area contributed by atoms with E-state index in [0.29, 0.717) is 5.84 Å². The second-order valence-corrected chi connectivity index (χ2v) is 14.6. The van der Waals surface area contributed by atoms with Crippen molar-refractivity contribution in [2.24, 2.45) is 9.98 Å². The molecule has 1 N–H and O–H groups in total. The van der Waals surface area contributed by atoms with Gasteiger partial charge in [0.25, 0.3) is 0 Å². The molecule has 6 heteroatoms. The lowest BCUT2D eigenvalue weighted by atomic mass is 10.0. The van der Waals surface area contributed by atoms with Crippen LogP contribution in [-0.4, -0.2) is 16.2 Å². The number of benzene rings is 8. The summed E-state index contributed by atoms with van der Waals surface area (Å²) in [5.74, 6) is 1.39. The van der Waals surface area contributed by atoms with Gasteiger partial charge in [-0.15, -0.1) is 0 Å². The molecule has 12 rings (SSSR count). The molecule has 0 bridgehead atoms. The van der Waals surface area contributed by atoms with Gasteiger partial charge in [0, 0.05) is 60.8 Å². The molecule has 268 valence electrons. The van der Waals surface area contributed by atoms with Crippen molar-refractivity contribution in [3.05, 3.63) is 199 Å². The lowest BCUT2D eigenvalue weighted by molar-refractivity contribution is 0.655. The number of rotatable bonds is 5. The van der Waals surface area contributed by atoms with E-state index in [0.717, 1.165) is 88.7 Å². The summed E-state index contributed by atoms with van der Waals surface area (Å²) in [6.07, 6.45) is -0.403. The number of hydrogen-bond acceptors (Lipinski definition) is 5. The summed E-state index contributed by atoms with van der Waals surface area (Å²) in [4.78, 5) is 10.4. The highest BCUT2D eigenvalue weighted by Gasteiger charge is 2.24. The molecule has 0 saturated carbocycles. The molecule has 0 fully saturated rings. The van der Waals surface area contributed by atoms with Crippen molar-refractivity contribution in [2.75, 3.05) is 0 Å². The molecule has 6 nitrogen and oxygen atoms in total. The summed E-state index contributed by atoms with van der Waals surface area (Å²) in [5.41, 5.74) is 11.9. The molecule has 0 aliphatic carbocycles. The van der Waals surface area contributed by atoms with Crippen molar-refractivity contribution in [3.63, 3.8) is 0 Å². The quantitative estimate of drug-likeness (QED) is 0.192. The van der Waals surface area contributed by atoms with Gasteiger partial charge in [-0.05, 0) is 65.7 Å². The van der Waals surface area contributed by atoms with E-state index in [1.165, 1.54) is 16.3 Å². The monoisotopic (exact) mass is 732 g/mol. The average Bonchev–Trinajstić information content (AvgIpc) is 3.94. The van der Waals surface area contributed by atoms with Crippen LogP contribution >= 0.6 is 0 Å². The smallest absolute Gasteiger partial charge is 0.159 e. The van der Waals surface area contributed by atoms with Gasteiger partial charge < -0.3 is 18.7 Å². The lowest BCUT2D eigenvalue weighted by Crippen LogP contribution is -2.33. The van der Waals surface area contributed by atoms with Crippen molar-refractivity contribution in [3.8, 4) is 16.8 Å². The van der Waals surface area contributed by atoms with Crippen LogP contribution in [0.3, 0.4) is 0 Å². The molecular formula is C51H32N4O2. The maximum Gasteiger partial charge on any atom is 0.159 e. The molecule has 57 heavy (non-hydrogen) atoms. The molecule has 4 heterocycles. The lowest BCUT2D eigenvalue weighted by Gasteiger charge is -2.23. The van der Waals surface area contributed by atoms with Crippen molar-refractivity contribution >= 4 is 77.4 Å². The van der Waals surface area contributed by atoms with Crippen LogP contribution in [0.5, 0.6) is 0 Å². The summed E-state index contributed by atoms with van der Waals surface area (Å²) in [6, 6.07) is 63.3. The number of aromatic nitrogens is 1.